The van der Waals surface area contributed by atoms with Gasteiger partial charge in [0.05, 0.1) is 17.3 Å². The molecule has 0 aliphatic carbocycles. The molecule has 7 heteroatoms. The Balaban J connectivity index is 2.83. The van der Waals surface area contributed by atoms with E-state index in [2.05, 4.69) is 20.6 Å². The average Bonchev–Trinajstić information content (AvgIpc) is 2.24. The highest BCUT2D eigenvalue weighted by Crippen LogP contribution is 2.12. The van der Waals surface area contributed by atoms with Crippen LogP contribution in [-0.4, -0.2) is 21.6 Å². The summed E-state index contributed by atoms with van der Waals surface area (Å²) in [5.41, 5.74) is 6.00. The number of thiocarbonyl (C=S) groups is 1. The SMILES string of the molecule is CC(C)(C)NC(=NCc1ncccc1Cl)NC(N)=S. The number of nitrogens with two attached hydrogens (primary N) is 1. The Morgan fingerprint density at radius 1 is 1.53 bits per heavy atom. The lowest BCUT2D eigenvalue weighted by molar-refractivity contribution is 0.505. The lowest BCUT2D eigenvalue weighted by Gasteiger charge is -2.23. The molecule has 104 valence electrons. The molecule has 0 bridgehead atoms. The first-order valence-corrected chi connectivity index (χ1v) is 6.55. The van der Waals surface area contributed by atoms with Crippen molar-refractivity contribution in [2.24, 2.45) is 10.7 Å². The third-order valence-corrected chi connectivity index (χ3v) is 2.40. The minimum absolute atomic E-state index is 0.155. The van der Waals surface area contributed by atoms with Crippen molar-refractivity contribution in [2.75, 3.05) is 0 Å². The van der Waals surface area contributed by atoms with E-state index in [1.54, 1.807) is 18.3 Å². The molecule has 0 aliphatic rings. The minimum Gasteiger partial charge on any atom is -0.376 e. The van der Waals surface area contributed by atoms with Gasteiger partial charge in [-0.15, -0.1) is 0 Å². The number of halogens is 1. The molecular formula is C12H18ClN5S. The number of guanidine groups is 1. The van der Waals surface area contributed by atoms with Gasteiger partial charge in [0, 0.05) is 11.7 Å². The molecule has 1 heterocycles. The van der Waals surface area contributed by atoms with Gasteiger partial charge in [-0.3, -0.25) is 4.98 Å². The van der Waals surface area contributed by atoms with Gasteiger partial charge in [-0.25, -0.2) is 4.99 Å². The van der Waals surface area contributed by atoms with Gasteiger partial charge < -0.3 is 16.4 Å². The van der Waals surface area contributed by atoms with E-state index in [-0.39, 0.29) is 10.7 Å². The van der Waals surface area contributed by atoms with Gasteiger partial charge in [-0.2, -0.15) is 0 Å². The predicted molar refractivity (Wildman–Crippen MR) is 83.2 cm³/mol. The molecule has 0 unspecified atom stereocenters. The van der Waals surface area contributed by atoms with E-state index >= 15 is 0 Å². The van der Waals surface area contributed by atoms with Crippen molar-refractivity contribution in [3.05, 3.63) is 29.0 Å². The minimum atomic E-state index is -0.162. The molecule has 0 spiro atoms. The highest BCUT2D eigenvalue weighted by Gasteiger charge is 2.12. The predicted octanol–water partition coefficient (Wildman–Crippen LogP) is 1.81. The van der Waals surface area contributed by atoms with Crippen LogP contribution in [0.3, 0.4) is 0 Å². The monoisotopic (exact) mass is 299 g/mol. The summed E-state index contributed by atoms with van der Waals surface area (Å²) in [5.74, 6) is 0.502. The van der Waals surface area contributed by atoms with Crippen molar-refractivity contribution in [2.45, 2.75) is 32.9 Å². The summed E-state index contributed by atoms with van der Waals surface area (Å²) >= 11 is 10.8. The zero-order valence-corrected chi connectivity index (χ0v) is 12.8. The topological polar surface area (TPSA) is 75.3 Å². The van der Waals surface area contributed by atoms with Gasteiger partial charge in [0.1, 0.15) is 0 Å². The Kier molecular flexibility index (Phi) is 5.50. The number of nitrogens with one attached hydrogen (secondary N) is 2. The average molecular weight is 300 g/mol. The van der Waals surface area contributed by atoms with E-state index in [1.165, 1.54) is 0 Å². The molecule has 0 aromatic carbocycles. The zero-order chi connectivity index (χ0) is 14.5. The molecule has 5 nitrogen and oxygen atoms in total. The first-order chi connectivity index (χ1) is 8.78. The van der Waals surface area contributed by atoms with Crippen LogP contribution in [-0.2, 0) is 6.54 Å². The van der Waals surface area contributed by atoms with Crippen LogP contribution in [0.25, 0.3) is 0 Å². The second-order valence-corrected chi connectivity index (χ2v) is 5.81. The molecule has 0 saturated heterocycles. The van der Waals surface area contributed by atoms with Crippen molar-refractivity contribution in [3.8, 4) is 0 Å². The number of aromatic nitrogens is 1. The highest BCUT2D eigenvalue weighted by molar-refractivity contribution is 7.80. The third kappa shape index (κ3) is 6.35. The summed E-state index contributed by atoms with van der Waals surface area (Å²) in [5, 5.41) is 6.72. The highest BCUT2D eigenvalue weighted by atomic mass is 35.5. The molecule has 4 N–H and O–H groups in total. The van der Waals surface area contributed by atoms with E-state index < -0.39 is 0 Å². The van der Waals surface area contributed by atoms with E-state index in [0.717, 1.165) is 0 Å². The van der Waals surface area contributed by atoms with Gasteiger partial charge >= 0.3 is 0 Å². The molecule has 1 aromatic heterocycles. The maximum atomic E-state index is 6.02. The van der Waals surface area contributed by atoms with Crippen LogP contribution >= 0.6 is 23.8 Å². The lowest BCUT2D eigenvalue weighted by Crippen LogP contribution is -2.50. The van der Waals surface area contributed by atoms with Crippen molar-refractivity contribution in [3.63, 3.8) is 0 Å². The summed E-state index contributed by atoms with van der Waals surface area (Å²) in [4.78, 5) is 8.53. The van der Waals surface area contributed by atoms with Crippen LogP contribution in [0.4, 0.5) is 0 Å². The van der Waals surface area contributed by atoms with Crippen LogP contribution in [0.15, 0.2) is 23.3 Å². The van der Waals surface area contributed by atoms with Gasteiger partial charge in [0.15, 0.2) is 11.1 Å². The number of hydrogen-bond donors (Lipinski definition) is 3. The van der Waals surface area contributed by atoms with E-state index in [9.17, 15) is 0 Å². The van der Waals surface area contributed by atoms with E-state index in [0.29, 0.717) is 23.2 Å². The fraction of sp³-hybridized carbons (Fsp3) is 0.417. The molecular weight excluding hydrogens is 282 g/mol. The second kappa shape index (κ2) is 6.68. The normalized spacial score (nSPS) is 12.1. The van der Waals surface area contributed by atoms with Gasteiger partial charge in [0.25, 0.3) is 0 Å². The maximum absolute atomic E-state index is 6.02. The Labute approximate surface area is 123 Å². The summed E-state index contributed by atoms with van der Waals surface area (Å²) in [6.45, 7) is 6.38. The first-order valence-electron chi connectivity index (χ1n) is 5.76. The van der Waals surface area contributed by atoms with Crippen molar-refractivity contribution >= 4 is 34.9 Å². The smallest absolute Gasteiger partial charge is 0.198 e. The molecule has 0 radical (unpaired) electrons. The molecule has 19 heavy (non-hydrogen) atoms. The number of aliphatic imine (C=N–C) groups is 1. The quantitative estimate of drug-likeness (QED) is 0.441. The first kappa shape index (κ1) is 15.7. The second-order valence-electron chi connectivity index (χ2n) is 4.96. The zero-order valence-electron chi connectivity index (χ0n) is 11.2. The largest absolute Gasteiger partial charge is 0.376 e. The lowest BCUT2D eigenvalue weighted by atomic mass is 10.1. The molecule has 0 aliphatic heterocycles. The van der Waals surface area contributed by atoms with Crippen molar-refractivity contribution in [1.82, 2.24) is 15.6 Å². The van der Waals surface area contributed by atoms with Crippen LogP contribution in [0.1, 0.15) is 26.5 Å². The van der Waals surface area contributed by atoms with Gasteiger partial charge in [0.2, 0.25) is 0 Å². The number of hydrogen-bond acceptors (Lipinski definition) is 3. The van der Waals surface area contributed by atoms with Crippen LogP contribution in [0, 0.1) is 0 Å². The van der Waals surface area contributed by atoms with Crippen LogP contribution in [0.5, 0.6) is 0 Å². The number of nitrogens with zero attached hydrogens (tertiary/aromatic N) is 2. The molecule has 0 fully saturated rings. The molecule has 0 amide bonds. The Morgan fingerprint density at radius 2 is 2.21 bits per heavy atom. The molecule has 1 aromatic rings. The Bertz CT molecular complexity index is 481. The Hall–Kier alpha value is -1.40. The van der Waals surface area contributed by atoms with Crippen molar-refractivity contribution in [1.29, 1.82) is 0 Å². The fourth-order valence-corrected chi connectivity index (χ4v) is 1.55. The van der Waals surface area contributed by atoms with E-state index in [1.807, 2.05) is 20.8 Å². The van der Waals surface area contributed by atoms with Gasteiger partial charge in [-0.05, 0) is 45.1 Å². The molecule has 0 atom stereocenters. The Morgan fingerprint density at radius 3 is 2.74 bits per heavy atom. The van der Waals surface area contributed by atoms with E-state index in [4.69, 9.17) is 29.6 Å². The summed E-state index contributed by atoms with van der Waals surface area (Å²) in [6.07, 6.45) is 1.68. The number of rotatable bonds is 2. The summed E-state index contributed by atoms with van der Waals surface area (Å²) in [7, 11) is 0. The molecule has 0 saturated carbocycles. The number of pyridine rings is 1. The summed E-state index contributed by atoms with van der Waals surface area (Å²) in [6, 6.07) is 3.55. The van der Waals surface area contributed by atoms with Crippen molar-refractivity contribution < 1.29 is 0 Å². The maximum Gasteiger partial charge on any atom is 0.198 e. The van der Waals surface area contributed by atoms with Gasteiger partial charge in [-0.1, -0.05) is 11.6 Å². The van der Waals surface area contributed by atoms with Crippen LogP contribution < -0.4 is 16.4 Å². The standard InChI is InChI=1S/C12H18ClN5S/c1-12(2,3)18-11(17-10(14)19)16-7-9-8(13)5-4-6-15-9/h4-6H,7H2,1-3H3,(H4,14,16,17,18,19). The fourth-order valence-electron chi connectivity index (χ4n) is 1.27. The summed E-state index contributed by atoms with van der Waals surface area (Å²) < 4.78 is 0. The van der Waals surface area contributed by atoms with Crippen LogP contribution in [0.2, 0.25) is 5.02 Å². The third-order valence-electron chi connectivity index (χ3n) is 1.96. The molecule has 1 rings (SSSR count).